The first-order valence-corrected chi connectivity index (χ1v) is 8.67. The number of benzene rings is 1. The van der Waals surface area contributed by atoms with Gasteiger partial charge in [0.05, 0.1) is 12.5 Å². The largest absolute Gasteiger partial charge is 0.347 e. The van der Waals surface area contributed by atoms with Gasteiger partial charge in [0, 0.05) is 6.20 Å². The number of halogens is 1. The second-order valence-corrected chi connectivity index (χ2v) is 6.87. The van der Waals surface area contributed by atoms with Crippen molar-refractivity contribution in [2.75, 3.05) is 0 Å². The van der Waals surface area contributed by atoms with Gasteiger partial charge in [0.1, 0.15) is 17.2 Å². The number of carbonyl (C=O) groups is 2. The summed E-state index contributed by atoms with van der Waals surface area (Å²) in [6.45, 7) is 5.60. The monoisotopic (exact) mass is 355 g/mol. The Morgan fingerprint density at radius 1 is 1.38 bits per heavy atom. The highest BCUT2D eigenvalue weighted by Crippen LogP contribution is 2.30. The Morgan fingerprint density at radius 2 is 2.08 bits per heavy atom. The number of hydrogen-bond donors (Lipinski definition) is 1. The highest BCUT2D eigenvalue weighted by Gasteiger charge is 2.45. The summed E-state index contributed by atoms with van der Waals surface area (Å²) in [7, 11) is 0. The minimum absolute atomic E-state index is 0.000582. The molecule has 26 heavy (non-hydrogen) atoms. The van der Waals surface area contributed by atoms with Crippen LogP contribution < -0.4 is 5.32 Å². The first-order valence-electron chi connectivity index (χ1n) is 8.67. The Morgan fingerprint density at radius 3 is 2.73 bits per heavy atom. The molecule has 0 aliphatic carbocycles. The van der Waals surface area contributed by atoms with Crippen LogP contribution in [0.3, 0.4) is 0 Å². The lowest BCUT2D eigenvalue weighted by Crippen LogP contribution is -2.60. The molecule has 0 fully saturated rings. The number of allylic oxidation sites excluding steroid dienone is 2. The molecule has 0 saturated carbocycles. The van der Waals surface area contributed by atoms with Crippen molar-refractivity contribution in [3.8, 4) is 0 Å². The number of nitrogens with one attached hydrogen (secondary N) is 1. The van der Waals surface area contributed by atoms with E-state index in [1.54, 1.807) is 36.2 Å². The molecule has 0 saturated heterocycles. The van der Waals surface area contributed by atoms with Crippen molar-refractivity contribution in [1.82, 2.24) is 10.2 Å². The molecule has 2 aliphatic heterocycles. The smallest absolute Gasteiger partial charge is 0.250 e. The van der Waals surface area contributed by atoms with E-state index in [0.717, 1.165) is 11.1 Å². The normalized spacial score (nSPS) is 23.1. The third-order valence-corrected chi connectivity index (χ3v) is 4.83. The maximum absolute atomic E-state index is 13.2. The average Bonchev–Trinajstić information content (AvgIpc) is 2.59. The Bertz CT molecular complexity index is 826. The van der Waals surface area contributed by atoms with Crippen LogP contribution in [0.15, 0.2) is 53.2 Å². The number of amidine groups is 1. The minimum Gasteiger partial charge on any atom is -0.347 e. The molecule has 1 aromatic carbocycles. The predicted molar refractivity (Wildman–Crippen MR) is 97.8 cm³/mol. The van der Waals surface area contributed by atoms with Crippen LogP contribution in [0.1, 0.15) is 45.2 Å². The second-order valence-electron chi connectivity index (χ2n) is 6.87. The van der Waals surface area contributed by atoms with E-state index >= 15 is 0 Å². The standard InChI is InChI=1S/C20H22FN3O2/c1-4-16(14-5-7-15(21)8-6-14)22-19(26)20(3)12-18(25)23-17-11-13(2)9-10-24(17)20/h5-11,16H,4,12H2,1-3H3,(H,22,26)/t16-,20-/m1/s1. The van der Waals surface area contributed by atoms with Gasteiger partial charge in [0.25, 0.3) is 5.91 Å². The summed E-state index contributed by atoms with van der Waals surface area (Å²) in [6, 6.07) is 5.82. The lowest BCUT2D eigenvalue weighted by atomic mass is 9.90. The third-order valence-electron chi connectivity index (χ3n) is 4.83. The van der Waals surface area contributed by atoms with E-state index in [1.165, 1.54) is 12.1 Å². The van der Waals surface area contributed by atoms with Gasteiger partial charge in [0.2, 0.25) is 5.91 Å². The van der Waals surface area contributed by atoms with Crippen molar-refractivity contribution in [2.45, 2.75) is 45.2 Å². The van der Waals surface area contributed by atoms with Crippen LogP contribution in [-0.4, -0.2) is 28.1 Å². The van der Waals surface area contributed by atoms with Crippen LogP contribution in [-0.2, 0) is 9.59 Å². The number of rotatable bonds is 4. The fourth-order valence-electron chi connectivity index (χ4n) is 3.26. The summed E-state index contributed by atoms with van der Waals surface area (Å²) in [6.07, 6.45) is 6.12. The van der Waals surface area contributed by atoms with Crippen LogP contribution in [0, 0.1) is 5.82 Å². The molecular formula is C20H22FN3O2. The Labute approximate surface area is 152 Å². The fourth-order valence-corrected chi connectivity index (χ4v) is 3.26. The maximum atomic E-state index is 13.2. The van der Waals surface area contributed by atoms with Gasteiger partial charge in [-0.05, 0) is 55.7 Å². The van der Waals surface area contributed by atoms with Crippen molar-refractivity contribution in [3.63, 3.8) is 0 Å². The molecule has 5 nitrogen and oxygen atoms in total. The van der Waals surface area contributed by atoms with E-state index in [2.05, 4.69) is 10.3 Å². The Balaban J connectivity index is 1.86. The summed E-state index contributed by atoms with van der Waals surface area (Å²) < 4.78 is 13.2. The van der Waals surface area contributed by atoms with Crippen molar-refractivity contribution in [1.29, 1.82) is 0 Å². The molecule has 1 N–H and O–H groups in total. The van der Waals surface area contributed by atoms with Crippen molar-refractivity contribution in [3.05, 3.63) is 59.6 Å². The van der Waals surface area contributed by atoms with Gasteiger partial charge in [-0.15, -0.1) is 0 Å². The molecule has 0 spiro atoms. The molecular weight excluding hydrogens is 333 g/mol. The number of aliphatic imine (C=N–C) groups is 1. The van der Waals surface area contributed by atoms with Crippen molar-refractivity contribution in [2.24, 2.45) is 4.99 Å². The van der Waals surface area contributed by atoms with E-state index in [1.807, 2.05) is 19.9 Å². The molecule has 0 bridgehead atoms. The molecule has 2 aliphatic rings. The van der Waals surface area contributed by atoms with Crippen LogP contribution >= 0.6 is 0 Å². The van der Waals surface area contributed by atoms with Crippen LogP contribution in [0.5, 0.6) is 0 Å². The molecule has 2 atom stereocenters. The zero-order valence-electron chi connectivity index (χ0n) is 15.1. The van der Waals surface area contributed by atoms with Crippen LogP contribution in [0.4, 0.5) is 4.39 Å². The summed E-state index contributed by atoms with van der Waals surface area (Å²) >= 11 is 0. The van der Waals surface area contributed by atoms with E-state index in [-0.39, 0.29) is 30.1 Å². The summed E-state index contributed by atoms with van der Waals surface area (Å²) in [5, 5.41) is 3.01. The van der Waals surface area contributed by atoms with Crippen molar-refractivity contribution < 1.29 is 14.0 Å². The van der Waals surface area contributed by atoms with Gasteiger partial charge in [-0.25, -0.2) is 4.39 Å². The van der Waals surface area contributed by atoms with Gasteiger partial charge < -0.3 is 10.2 Å². The van der Waals surface area contributed by atoms with Crippen LogP contribution in [0.25, 0.3) is 0 Å². The Kier molecular flexibility index (Phi) is 4.76. The van der Waals surface area contributed by atoms with E-state index in [9.17, 15) is 14.0 Å². The van der Waals surface area contributed by atoms with E-state index in [4.69, 9.17) is 0 Å². The third kappa shape index (κ3) is 3.31. The molecule has 0 radical (unpaired) electrons. The van der Waals surface area contributed by atoms with Gasteiger partial charge in [-0.1, -0.05) is 19.1 Å². The first-order chi connectivity index (χ1) is 12.3. The number of carbonyl (C=O) groups excluding carboxylic acids is 2. The van der Waals surface area contributed by atoms with Gasteiger partial charge >= 0.3 is 0 Å². The van der Waals surface area contributed by atoms with Crippen LogP contribution in [0.2, 0.25) is 0 Å². The van der Waals surface area contributed by atoms with Gasteiger partial charge in [-0.3, -0.25) is 9.59 Å². The minimum atomic E-state index is -1.06. The molecule has 0 unspecified atom stereocenters. The molecule has 0 aromatic heterocycles. The quantitative estimate of drug-likeness (QED) is 0.902. The van der Waals surface area contributed by atoms with Gasteiger partial charge in [0.15, 0.2) is 0 Å². The second kappa shape index (κ2) is 6.86. The predicted octanol–water partition coefficient (Wildman–Crippen LogP) is 3.26. The summed E-state index contributed by atoms with van der Waals surface area (Å²) in [5.41, 5.74) is 0.733. The van der Waals surface area contributed by atoms with Gasteiger partial charge in [-0.2, -0.15) is 4.99 Å². The number of nitrogens with zero attached hydrogens (tertiary/aromatic N) is 2. The lowest BCUT2D eigenvalue weighted by Gasteiger charge is -2.42. The molecule has 2 amide bonds. The number of amides is 2. The van der Waals surface area contributed by atoms with E-state index < -0.39 is 5.54 Å². The molecule has 3 rings (SSSR count). The SMILES string of the molecule is CC[C@@H](NC(=O)[C@@]1(C)CC(=O)N=C2C=C(C)C=CN21)c1ccc(F)cc1. The Hall–Kier alpha value is -2.76. The average molecular weight is 355 g/mol. The maximum Gasteiger partial charge on any atom is 0.250 e. The summed E-state index contributed by atoms with van der Waals surface area (Å²) in [4.78, 5) is 31.0. The zero-order chi connectivity index (χ0) is 18.9. The molecule has 1 aromatic rings. The summed E-state index contributed by atoms with van der Waals surface area (Å²) in [5.74, 6) is -0.412. The first kappa shape index (κ1) is 18.0. The fraction of sp³-hybridized carbons (Fsp3) is 0.350. The van der Waals surface area contributed by atoms with E-state index in [0.29, 0.717) is 12.3 Å². The zero-order valence-corrected chi connectivity index (χ0v) is 15.1. The molecule has 2 heterocycles. The molecule has 136 valence electrons. The highest BCUT2D eigenvalue weighted by molar-refractivity contribution is 6.10. The molecule has 6 heteroatoms. The van der Waals surface area contributed by atoms with Crippen molar-refractivity contribution >= 4 is 17.6 Å². The number of fused-ring (bicyclic) bond motifs is 1. The topological polar surface area (TPSA) is 61.8 Å². The lowest BCUT2D eigenvalue weighted by molar-refractivity contribution is -0.135. The number of hydrogen-bond acceptors (Lipinski definition) is 3. The highest BCUT2D eigenvalue weighted by atomic mass is 19.1.